The molecule has 1 aromatic rings. The second-order valence-electron chi connectivity index (χ2n) is 5.19. The molecule has 0 aliphatic heterocycles. The van der Waals surface area contributed by atoms with Gasteiger partial charge in [-0.1, -0.05) is 12.1 Å². The minimum atomic E-state index is -0.756. The number of ether oxygens (including phenoxy) is 1. The van der Waals surface area contributed by atoms with Gasteiger partial charge in [-0.2, -0.15) is 0 Å². The highest BCUT2D eigenvalue weighted by Gasteiger charge is 2.31. The van der Waals surface area contributed by atoms with Crippen LogP contribution in [0, 0.1) is 0 Å². The van der Waals surface area contributed by atoms with Crippen molar-refractivity contribution in [3.05, 3.63) is 29.8 Å². The Morgan fingerprint density at radius 3 is 2.35 bits per heavy atom. The molecule has 1 rings (SSSR count). The fraction of sp³-hybridized carbons (Fsp3) is 0.467. The summed E-state index contributed by atoms with van der Waals surface area (Å²) in [5, 5.41) is 2.67. The molecule has 3 N–H and O–H groups in total. The second kappa shape index (κ2) is 6.41. The van der Waals surface area contributed by atoms with E-state index in [-0.39, 0.29) is 5.91 Å². The summed E-state index contributed by atoms with van der Waals surface area (Å²) in [6.45, 7) is 7.22. The van der Waals surface area contributed by atoms with Crippen molar-refractivity contribution in [2.75, 3.05) is 12.3 Å². The van der Waals surface area contributed by atoms with E-state index in [1.54, 1.807) is 39.8 Å². The molecule has 1 amide bonds. The van der Waals surface area contributed by atoms with Crippen LogP contribution in [0.2, 0.25) is 0 Å². The summed E-state index contributed by atoms with van der Waals surface area (Å²) in [6, 6.07) is 6.45. The van der Waals surface area contributed by atoms with Crippen molar-refractivity contribution in [2.24, 2.45) is 0 Å². The van der Waals surface area contributed by atoms with Gasteiger partial charge in [0.05, 0.1) is 12.0 Å². The first-order valence-electron chi connectivity index (χ1n) is 6.62. The zero-order chi connectivity index (χ0) is 15.3. The summed E-state index contributed by atoms with van der Waals surface area (Å²) in [7, 11) is 0. The van der Waals surface area contributed by atoms with Crippen molar-refractivity contribution in [3.8, 4) is 0 Å². The minimum Gasteiger partial charge on any atom is -0.464 e. The van der Waals surface area contributed by atoms with Gasteiger partial charge in [-0.3, -0.25) is 4.79 Å². The van der Waals surface area contributed by atoms with E-state index < -0.39 is 17.4 Å². The summed E-state index contributed by atoms with van der Waals surface area (Å²) in [5.41, 5.74) is 6.36. The number of rotatable bonds is 5. The third-order valence-corrected chi connectivity index (χ3v) is 3.19. The van der Waals surface area contributed by atoms with Gasteiger partial charge in [0.15, 0.2) is 0 Å². The van der Waals surface area contributed by atoms with Crippen molar-refractivity contribution in [2.45, 2.75) is 39.2 Å². The van der Waals surface area contributed by atoms with Crippen LogP contribution in [-0.4, -0.2) is 24.5 Å². The molecular formula is C15H22N2O3. The van der Waals surface area contributed by atoms with Crippen LogP contribution in [0.15, 0.2) is 24.3 Å². The van der Waals surface area contributed by atoms with Crippen LogP contribution in [0.4, 0.5) is 5.69 Å². The Morgan fingerprint density at radius 2 is 1.85 bits per heavy atom. The van der Waals surface area contributed by atoms with Gasteiger partial charge in [0, 0.05) is 5.69 Å². The van der Waals surface area contributed by atoms with Crippen molar-refractivity contribution in [1.29, 1.82) is 0 Å². The number of esters is 1. The Balaban J connectivity index is 2.79. The van der Waals surface area contributed by atoms with Crippen LogP contribution >= 0.6 is 0 Å². The maximum Gasteiger partial charge on any atom is 0.328 e. The topological polar surface area (TPSA) is 81.4 Å². The van der Waals surface area contributed by atoms with Crippen LogP contribution in [0.25, 0.3) is 0 Å². The number of carbonyl (C=O) groups excluding carboxylic acids is 2. The molecule has 1 aromatic carbocycles. The van der Waals surface area contributed by atoms with E-state index in [4.69, 9.17) is 10.5 Å². The lowest BCUT2D eigenvalue weighted by Crippen LogP contribution is -2.47. The molecule has 0 aromatic heterocycles. The number of nitrogens with one attached hydrogen (secondary N) is 1. The monoisotopic (exact) mass is 278 g/mol. The molecule has 0 spiro atoms. The van der Waals surface area contributed by atoms with Gasteiger partial charge < -0.3 is 15.8 Å². The Kier molecular flexibility index (Phi) is 5.13. The van der Waals surface area contributed by atoms with E-state index in [1.165, 1.54) is 0 Å². The normalized spacial score (nSPS) is 12.6. The van der Waals surface area contributed by atoms with Crippen molar-refractivity contribution in [1.82, 2.24) is 5.32 Å². The van der Waals surface area contributed by atoms with Crippen LogP contribution in [-0.2, 0) is 19.7 Å². The van der Waals surface area contributed by atoms with Gasteiger partial charge in [0.1, 0.15) is 6.04 Å². The molecule has 0 saturated carbocycles. The number of nitrogen functional groups attached to an aromatic ring is 1. The molecule has 5 heteroatoms. The van der Waals surface area contributed by atoms with Crippen molar-refractivity contribution >= 4 is 17.6 Å². The lowest BCUT2D eigenvalue weighted by molar-refractivity contribution is -0.147. The molecule has 0 heterocycles. The standard InChI is InChI=1S/C15H22N2O3/c1-5-20-13(18)10(2)17-14(19)15(3,4)11-6-8-12(16)9-7-11/h6-10H,5,16H2,1-4H3,(H,17,19). The Hall–Kier alpha value is -2.04. The van der Waals surface area contributed by atoms with E-state index >= 15 is 0 Å². The zero-order valence-corrected chi connectivity index (χ0v) is 12.4. The molecule has 0 aliphatic carbocycles. The molecule has 0 aliphatic rings. The first-order valence-corrected chi connectivity index (χ1v) is 6.62. The highest BCUT2D eigenvalue weighted by Crippen LogP contribution is 2.24. The molecule has 110 valence electrons. The minimum absolute atomic E-state index is 0.233. The number of nitrogens with two attached hydrogens (primary N) is 1. The van der Waals surface area contributed by atoms with Gasteiger partial charge >= 0.3 is 5.97 Å². The van der Waals surface area contributed by atoms with Crippen LogP contribution in [0.1, 0.15) is 33.3 Å². The van der Waals surface area contributed by atoms with Crippen molar-refractivity contribution in [3.63, 3.8) is 0 Å². The van der Waals surface area contributed by atoms with Gasteiger partial charge in [0.25, 0.3) is 0 Å². The molecule has 5 nitrogen and oxygen atoms in total. The first kappa shape index (κ1) is 16.0. The zero-order valence-electron chi connectivity index (χ0n) is 12.4. The Labute approximate surface area is 119 Å². The number of carbonyl (C=O) groups is 2. The lowest BCUT2D eigenvalue weighted by Gasteiger charge is -2.26. The number of anilines is 1. The van der Waals surface area contributed by atoms with E-state index in [0.29, 0.717) is 12.3 Å². The predicted octanol–water partition coefficient (Wildman–Crippen LogP) is 1.61. The van der Waals surface area contributed by atoms with Gasteiger partial charge in [-0.25, -0.2) is 4.79 Å². The third kappa shape index (κ3) is 3.73. The number of hydrogen-bond acceptors (Lipinski definition) is 4. The Morgan fingerprint density at radius 1 is 1.30 bits per heavy atom. The predicted molar refractivity (Wildman–Crippen MR) is 78.1 cm³/mol. The fourth-order valence-corrected chi connectivity index (χ4v) is 1.73. The van der Waals surface area contributed by atoms with Crippen LogP contribution < -0.4 is 11.1 Å². The highest BCUT2D eigenvalue weighted by molar-refractivity contribution is 5.91. The number of benzene rings is 1. The molecular weight excluding hydrogens is 256 g/mol. The Bertz CT molecular complexity index is 480. The van der Waals surface area contributed by atoms with E-state index in [0.717, 1.165) is 5.56 Å². The maximum atomic E-state index is 12.3. The largest absolute Gasteiger partial charge is 0.464 e. The fourth-order valence-electron chi connectivity index (χ4n) is 1.73. The maximum absolute atomic E-state index is 12.3. The smallest absolute Gasteiger partial charge is 0.328 e. The van der Waals surface area contributed by atoms with Crippen molar-refractivity contribution < 1.29 is 14.3 Å². The van der Waals surface area contributed by atoms with Gasteiger partial charge in [-0.15, -0.1) is 0 Å². The molecule has 0 fully saturated rings. The summed E-state index contributed by atoms with van der Waals surface area (Å²) in [5.74, 6) is -0.670. The average molecular weight is 278 g/mol. The average Bonchev–Trinajstić information content (AvgIpc) is 2.39. The quantitative estimate of drug-likeness (QED) is 0.633. The second-order valence-corrected chi connectivity index (χ2v) is 5.19. The van der Waals surface area contributed by atoms with E-state index in [9.17, 15) is 9.59 Å². The highest BCUT2D eigenvalue weighted by atomic mass is 16.5. The summed E-state index contributed by atoms with van der Waals surface area (Å²) in [4.78, 5) is 23.9. The molecule has 20 heavy (non-hydrogen) atoms. The SMILES string of the molecule is CCOC(=O)C(C)NC(=O)C(C)(C)c1ccc(N)cc1. The molecule has 0 radical (unpaired) electrons. The molecule has 0 bridgehead atoms. The van der Waals surface area contributed by atoms with E-state index in [1.807, 2.05) is 12.1 Å². The number of amides is 1. The molecule has 1 unspecified atom stereocenters. The van der Waals surface area contributed by atoms with Crippen LogP contribution in [0.3, 0.4) is 0 Å². The van der Waals surface area contributed by atoms with Crippen LogP contribution in [0.5, 0.6) is 0 Å². The van der Waals surface area contributed by atoms with E-state index in [2.05, 4.69) is 5.32 Å². The van der Waals surface area contributed by atoms with Gasteiger partial charge in [-0.05, 0) is 45.4 Å². The van der Waals surface area contributed by atoms with Gasteiger partial charge in [0.2, 0.25) is 5.91 Å². The summed E-state index contributed by atoms with van der Waals surface area (Å²) < 4.78 is 4.87. The summed E-state index contributed by atoms with van der Waals surface area (Å²) >= 11 is 0. The third-order valence-electron chi connectivity index (χ3n) is 3.19. The number of hydrogen-bond donors (Lipinski definition) is 2. The summed E-state index contributed by atoms with van der Waals surface area (Å²) in [6.07, 6.45) is 0. The first-order chi connectivity index (χ1) is 9.28. The molecule has 0 saturated heterocycles. The molecule has 1 atom stereocenters. The lowest BCUT2D eigenvalue weighted by atomic mass is 9.83.